The van der Waals surface area contributed by atoms with Crippen molar-refractivity contribution in [1.29, 1.82) is 0 Å². The summed E-state index contributed by atoms with van der Waals surface area (Å²) in [6, 6.07) is 6.39. The number of fused-ring (bicyclic) bond motifs is 1. The number of hydrogen-bond donors (Lipinski definition) is 0. The largest absolute Gasteiger partial charge is 0.493 e. The maximum atomic E-state index is 5.49. The normalized spacial score (nSPS) is 12.2. The lowest BCUT2D eigenvalue weighted by Gasteiger charge is -2.05. The first-order chi connectivity index (χ1) is 7.31. The van der Waals surface area contributed by atoms with E-state index in [1.54, 1.807) is 0 Å². The van der Waals surface area contributed by atoms with Crippen molar-refractivity contribution in [2.75, 3.05) is 6.61 Å². The molecule has 0 aromatic heterocycles. The van der Waals surface area contributed by atoms with Crippen LogP contribution in [0.2, 0.25) is 0 Å². The van der Waals surface area contributed by atoms with E-state index in [0.29, 0.717) is 0 Å². The van der Waals surface area contributed by atoms with E-state index >= 15 is 0 Å². The molecule has 1 aromatic carbocycles. The van der Waals surface area contributed by atoms with Crippen molar-refractivity contribution in [3.63, 3.8) is 0 Å². The molecule has 0 amide bonds. The minimum atomic E-state index is 0.831. The third-order valence-electron chi connectivity index (χ3n) is 2.53. The molecule has 1 heterocycles. The Kier molecular flexibility index (Phi) is 4.41. The van der Waals surface area contributed by atoms with E-state index in [4.69, 9.17) is 4.74 Å². The van der Waals surface area contributed by atoms with Crippen molar-refractivity contribution in [3.8, 4) is 5.75 Å². The number of hydrogen-bond acceptors (Lipinski definition) is 1. The van der Waals surface area contributed by atoms with E-state index in [2.05, 4.69) is 31.7 Å². The minimum absolute atomic E-state index is 0.831. The third-order valence-corrected chi connectivity index (χ3v) is 2.53. The summed E-state index contributed by atoms with van der Waals surface area (Å²) in [5.74, 6) is 1.05. The smallest absolute Gasteiger partial charge is 0.123 e. The molecule has 1 aromatic rings. The predicted molar refractivity (Wildman–Crippen MR) is 66.3 cm³/mol. The van der Waals surface area contributed by atoms with E-state index in [1.165, 1.54) is 16.7 Å². The first-order valence-corrected chi connectivity index (χ1v) is 5.75. The highest BCUT2D eigenvalue weighted by molar-refractivity contribution is 5.65. The maximum Gasteiger partial charge on any atom is 0.123 e. The van der Waals surface area contributed by atoms with Crippen LogP contribution in [0.4, 0.5) is 0 Å². The van der Waals surface area contributed by atoms with Crippen LogP contribution in [-0.2, 0) is 6.42 Å². The van der Waals surface area contributed by atoms with E-state index in [9.17, 15) is 0 Å². The number of ether oxygens (including phenoxy) is 1. The van der Waals surface area contributed by atoms with E-state index < -0.39 is 0 Å². The van der Waals surface area contributed by atoms with Crippen LogP contribution in [0.1, 0.15) is 38.3 Å². The van der Waals surface area contributed by atoms with Crippen molar-refractivity contribution < 1.29 is 4.74 Å². The highest BCUT2D eigenvalue weighted by Crippen LogP contribution is 2.29. The van der Waals surface area contributed by atoms with Gasteiger partial charge in [-0.3, -0.25) is 0 Å². The molecule has 1 nitrogen and oxygen atoms in total. The average Bonchev–Trinajstić information content (AvgIpc) is 2.77. The van der Waals surface area contributed by atoms with Gasteiger partial charge in [-0.1, -0.05) is 39.5 Å². The lowest BCUT2D eigenvalue weighted by molar-refractivity contribution is 0.356. The molecule has 1 heteroatoms. The van der Waals surface area contributed by atoms with Crippen LogP contribution >= 0.6 is 0 Å². The van der Waals surface area contributed by atoms with Crippen molar-refractivity contribution >= 4 is 5.57 Å². The standard InChI is InChI=1S/C12H14O.C2H6/c1-3-9(2)11-5-4-10-6-7-13-12(10)8-11;1-2/h4-5,8H,2-3,6-7H2,1H3;1-2H3. The minimum Gasteiger partial charge on any atom is -0.493 e. The second-order valence-corrected chi connectivity index (χ2v) is 3.38. The summed E-state index contributed by atoms with van der Waals surface area (Å²) < 4.78 is 5.49. The van der Waals surface area contributed by atoms with Gasteiger partial charge in [-0.2, -0.15) is 0 Å². The summed E-state index contributed by atoms with van der Waals surface area (Å²) >= 11 is 0. The van der Waals surface area contributed by atoms with Crippen LogP contribution in [0.5, 0.6) is 5.75 Å². The number of allylic oxidation sites excluding steroid dienone is 1. The Hall–Kier alpha value is -1.24. The Morgan fingerprint density at radius 2 is 2.13 bits per heavy atom. The van der Waals surface area contributed by atoms with Gasteiger partial charge in [0.05, 0.1) is 6.61 Å². The van der Waals surface area contributed by atoms with Gasteiger partial charge < -0.3 is 4.74 Å². The van der Waals surface area contributed by atoms with Gasteiger partial charge in [0.2, 0.25) is 0 Å². The van der Waals surface area contributed by atoms with Crippen LogP contribution in [-0.4, -0.2) is 6.61 Å². The predicted octanol–water partition coefficient (Wildman–Crippen LogP) is 4.07. The van der Waals surface area contributed by atoms with Crippen LogP contribution in [0.15, 0.2) is 24.8 Å². The topological polar surface area (TPSA) is 9.23 Å². The van der Waals surface area contributed by atoms with E-state index in [0.717, 1.165) is 25.2 Å². The fraction of sp³-hybridized carbons (Fsp3) is 0.429. The molecular formula is C14H20O. The van der Waals surface area contributed by atoms with Gasteiger partial charge in [-0.15, -0.1) is 0 Å². The molecule has 1 aliphatic rings. The first-order valence-electron chi connectivity index (χ1n) is 5.75. The lowest BCUT2D eigenvalue weighted by atomic mass is 10.0. The molecular weight excluding hydrogens is 184 g/mol. The SMILES string of the molecule is C=C(CC)c1ccc2c(c1)OCC2.CC. The van der Waals surface area contributed by atoms with Gasteiger partial charge in [-0.25, -0.2) is 0 Å². The van der Waals surface area contributed by atoms with Gasteiger partial charge in [0.1, 0.15) is 5.75 Å². The Morgan fingerprint density at radius 3 is 2.80 bits per heavy atom. The fourth-order valence-corrected chi connectivity index (χ4v) is 1.59. The molecule has 15 heavy (non-hydrogen) atoms. The summed E-state index contributed by atoms with van der Waals surface area (Å²) in [4.78, 5) is 0. The fourth-order valence-electron chi connectivity index (χ4n) is 1.59. The monoisotopic (exact) mass is 204 g/mol. The molecule has 0 atom stereocenters. The van der Waals surface area contributed by atoms with Crippen LogP contribution in [0.3, 0.4) is 0 Å². The first kappa shape index (κ1) is 11.8. The second-order valence-electron chi connectivity index (χ2n) is 3.38. The van der Waals surface area contributed by atoms with E-state index in [-0.39, 0.29) is 0 Å². The van der Waals surface area contributed by atoms with Gasteiger partial charge in [0.15, 0.2) is 0 Å². The molecule has 0 N–H and O–H groups in total. The summed E-state index contributed by atoms with van der Waals surface area (Å²) in [5, 5.41) is 0. The Labute approximate surface area is 92.8 Å². The van der Waals surface area contributed by atoms with Gasteiger partial charge in [0, 0.05) is 6.42 Å². The van der Waals surface area contributed by atoms with Crippen molar-refractivity contribution in [2.45, 2.75) is 33.6 Å². The summed E-state index contributed by atoms with van der Waals surface area (Å²) in [5.41, 5.74) is 3.72. The summed E-state index contributed by atoms with van der Waals surface area (Å²) in [7, 11) is 0. The van der Waals surface area contributed by atoms with E-state index in [1.807, 2.05) is 13.8 Å². The summed E-state index contributed by atoms with van der Waals surface area (Å²) in [6.45, 7) is 11.0. The molecule has 0 fully saturated rings. The van der Waals surface area contributed by atoms with Crippen LogP contribution in [0, 0.1) is 0 Å². The van der Waals surface area contributed by atoms with Gasteiger partial charge in [0.25, 0.3) is 0 Å². The van der Waals surface area contributed by atoms with Gasteiger partial charge >= 0.3 is 0 Å². The van der Waals surface area contributed by atoms with Gasteiger partial charge in [-0.05, 0) is 29.2 Å². The Balaban J connectivity index is 0.000000531. The van der Waals surface area contributed by atoms with Crippen molar-refractivity contribution in [1.82, 2.24) is 0 Å². The van der Waals surface area contributed by atoms with Crippen molar-refractivity contribution in [3.05, 3.63) is 35.9 Å². The lowest BCUT2D eigenvalue weighted by Crippen LogP contribution is -1.86. The van der Waals surface area contributed by atoms with Crippen LogP contribution in [0.25, 0.3) is 5.57 Å². The zero-order chi connectivity index (χ0) is 11.3. The maximum absolute atomic E-state index is 5.49. The molecule has 0 bridgehead atoms. The molecule has 82 valence electrons. The molecule has 0 aliphatic carbocycles. The molecule has 2 rings (SSSR count). The van der Waals surface area contributed by atoms with Crippen molar-refractivity contribution in [2.24, 2.45) is 0 Å². The molecule has 0 saturated carbocycles. The number of rotatable bonds is 2. The molecule has 1 aliphatic heterocycles. The third kappa shape index (κ3) is 2.62. The highest BCUT2D eigenvalue weighted by atomic mass is 16.5. The summed E-state index contributed by atoms with van der Waals surface area (Å²) in [6.07, 6.45) is 2.05. The zero-order valence-corrected chi connectivity index (χ0v) is 9.97. The molecule has 0 radical (unpaired) electrons. The molecule has 0 unspecified atom stereocenters. The Bertz CT molecular complexity index is 339. The molecule has 0 saturated heterocycles. The Morgan fingerprint density at radius 1 is 1.40 bits per heavy atom. The molecule has 0 spiro atoms. The zero-order valence-electron chi connectivity index (χ0n) is 9.97. The quantitative estimate of drug-likeness (QED) is 0.705. The highest BCUT2D eigenvalue weighted by Gasteiger charge is 2.12. The number of benzene rings is 1. The average molecular weight is 204 g/mol. The second kappa shape index (κ2) is 5.59. The van der Waals surface area contributed by atoms with Crippen LogP contribution < -0.4 is 4.74 Å².